The molecule has 0 radical (unpaired) electrons. The summed E-state index contributed by atoms with van der Waals surface area (Å²) in [6, 6.07) is 4.50. The van der Waals surface area contributed by atoms with E-state index in [-0.39, 0.29) is 43.3 Å². The van der Waals surface area contributed by atoms with Gasteiger partial charge in [-0.05, 0) is 50.8 Å². The number of ether oxygens (including phenoxy) is 4. The summed E-state index contributed by atoms with van der Waals surface area (Å²) in [5.41, 5.74) is 4.93. The van der Waals surface area contributed by atoms with Crippen molar-refractivity contribution in [2.24, 2.45) is 5.73 Å². The molecule has 0 amide bonds. The van der Waals surface area contributed by atoms with Crippen molar-refractivity contribution in [3.63, 3.8) is 0 Å². The van der Waals surface area contributed by atoms with Crippen LogP contribution >= 0.6 is 0 Å². The van der Waals surface area contributed by atoms with E-state index in [0.29, 0.717) is 24.8 Å². The summed E-state index contributed by atoms with van der Waals surface area (Å²) < 4.78 is 21.4. The number of nitrogens with two attached hydrogens (primary N) is 1. The van der Waals surface area contributed by atoms with E-state index in [0.717, 1.165) is 32.1 Å². The Hall–Kier alpha value is -3.14. The molecule has 1 rings (SSSR count). The predicted octanol–water partition coefficient (Wildman–Crippen LogP) is 6.10. The van der Waals surface area contributed by atoms with Crippen molar-refractivity contribution in [2.75, 3.05) is 0 Å². The normalized spacial score (nSPS) is 13.9. The van der Waals surface area contributed by atoms with E-state index in [4.69, 9.17) is 24.7 Å². The molecule has 0 saturated carbocycles. The Balaban J connectivity index is 3.08. The summed E-state index contributed by atoms with van der Waals surface area (Å²) in [6.45, 7) is 9.31. The molecule has 0 saturated heterocycles. The first-order chi connectivity index (χ1) is 18.9. The highest BCUT2D eigenvalue weighted by Gasteiger charge is 2.37. The molecule has 10 heteroatoms. The van der Waals surface area contributed by atoms with Crippen LogP contribution in [0.25, 0.3) is 0 Å². The summed E-state index contributed by atoms with van der Waals surface area (Å²) in [6.07, 6.45) is 4.50. The van der Waals surface area contributed by atoms with E-state index in [2.05, 4.69) is 0 Å². The van der Waals surface area contributed by atoms with Crippen LogP contribution in [0.4, 0.5) is 4.79 Å². The Labute approximate surface area is 237 Å². The molecular formula is C30H47NO9. The van der Waals surface area contributed by atoms with Gasteiger partial charge in [-0.15, -0.1) is 0 Å². The molecule has 40 heavy (non-hydrogen) atoms. The average Bonchev–Trinajstić information content (AvgIpc) is 2.85. The van der Waals surface area contributed by atoms with E-state index >= 15 is 0 Å². The third kappa shape index (κ3) is 13.3. The number of hydrogen-bond donors (Lipinski definition) is 2. The lowest BCUT2D eigenvalue weighted by Gasteiger charge is -2.28. The number of carboxylic acids is 1. The van der Waals surface area contributed by atoms with Crippen LogP contribution in [0.5, 0.6) is 11.5 Å². The smallest absolute Gasteiger partial charge is 0.480 e. The molecule has 226 valence electrons. The van der Waals surface area contributed by atoms with Crippen LogP contribution in [0, 0.1) is 0 Å². The Kier molecular flexibility index (Phi) is 15.9. The third-order valence-electron chi connectivity index (χ3n) is 6.31. The first kappa shape index (κ1) is 34.9. The van der Waals surface area contributed by atoms with E-state index < -0.39 is 35.7 Å². The van der Waals surface area contributed by atoms with Crippen molar-refractivity contribution in [1.82, 2.24) is 0 Å². The van der Waals surface area contributed by atoms with Gasteiger partial charge in [-0.3, -0.25) is 14.4 Å². The van der Waals surface area contributed by atoms with E-state index in [9.17, 15) is 24.3 Å². The van der Waals surface area contributed by atoms with Crippen LogP contribution in [0.15, 0.2) is 18.2 Å². The molecule has 0 heterocycles. The van der Waals surface area contributed by atoms with E-state index in [1.54, 1.807) is 19.9 Å². The summed E-state index contributed by atoms with van der Waals surface area (Å²) in [7, 11) is 0. The van der Waals surface area contributed by atoms with Gasteiger partial charge >= 0.3 is 24.1 Å². The summed E-state index contributed by atoms with van der Waals surface area (Å²) in [4.78, 5) is 49.1. The van der Waals surface area contributed by atoms with Crippen molar-refractivity contribution in [3.05, 3.63) is 23.8 Å². The van der Waals surface area contributed by atoms with Gasteiger partial charge in [-0.1, -0.05) is 58.9 Å². The van der Waals surface area contributed by atoms with Crippen LogP contribution in [-0.4, -0.2) is 46.9 Å². The topological polar surface area (TPSA) is 151 Å². The minimum Gasteiger partial charge on any atom is -0.480 e. The van der Waals surface area contributed by atoms with Crippen molar-refractivity contribution >= 4 is 24.1 Å². The average molecular weight is 566 g/mol. The first-order valence-electron chi connectivity index (χ1n) is 14.4. The molecule has 10 nitrogen and oxygen atoms in total. The van der Waals surface area contributed by atoms with Gasteiger partial charge in [0, 0.05) is 25.7 Å². The molecule has 0 spiro atoms. The maximum atomic E-state index is 12.5. The molecule has 0 aliphatic rings. The fourth-order valence-corrected chi connectivity index (χ4v) is 4.19. The van der Waals surface area contributed by atoms with Gasteiger partial charge in [0.05, 0.1) is 0 Å². The maximum absolute atomic E-state index is 12.5. The van der Waals surface area contributed by atoms with Gasteiger partial charge in [0.25, 0.3) is 0 Å². The monoisotopic (exact) mass is 565 g/mol. The predicted molar refractivity (Wildman–Crippen MR) is 150 cm³/mol. The zero-order chi connectivity index (χ0) is 30.1. The number of aliphatic carboxylic acids is 1. The number of unbranched alkanes of at least 4 members (excludes halogenated alkanes) is 4. The summed E-state index contributed by atoms with van der Waals surface area (Å²) in [5.74, 6) is -2.13. The minimum atomic E-state index is -1.81. The van der Waals surface area contributed by atoms with Gasteiger partial charge in [-0.2, -0.15) is 0 Å². The van der Waals surface area contributed by atoms with Gasteiger partial charge in [-0.25, -0.2) is 4.79 Å². The fourth-order valence-electron chi connectivity index (χ4n) is 4.19. The quantitative estimate of drug-likeness (QED) is 0.114. The lowest BCUT2D eigenvalue weighted by molar-refractivity contribution is -0.145. The number of carbonyl (C=O) groups excluding carboxylic acids is 3. The number of carbonyl (C=O) groups is 4. The van der Waals surface area contributed by atoms with Gasteiger partial charge in [0.1, 0.15) is 17.7 Å². The lowest BCUT2D eigenvalue weighted by atomic mass is 9.86. The van der Waals surface area contributed by atoms with Crippen LogP contribution in [0.2, 0.25) is 0 Å². The molecule has 0 aliphatic heterocycles. The van der Waals surface area contributed by atoms with Crippen LogP contribution in [0.1, 0.15) is 111 Å². The molecule has 0 fully saturated rings. The Morgan fingerprint density at radius 1 is 0.825 bits per heavy atom. The minimum absolute atomic E-state index is 0.0216. The third-order valence-corrected chi connectivity index (χ3v) is 6.31. The highest BCUT2D eigenvalue weighted by Crippen LogP contribution is 2.32. The molecule has 2 unspecified atom stereocenters. The van der Waals surface area contributed by atoms with Crippen molar-refractivity contribution in [2.45, 2.75) is 129 Å². The van der Waals surface area contributed by atoms with E-state index in [1.807, 2.05) is 20.8 Å². The molecule has 3 atom stereocenters. The fraction of sp³-hybridized carbons (Fsp3) is 0.667. The number of esters is 2. The standard InChI is InChI=1S/C30H47NO9/c1-6-9-11-14-26(32)39-24-17-16-23(18-25(24)40-27(33)15-12-10-7-2)20-30(31,28(34)35)19-22(5)38-29(36)37-21(4)13-8-3/h16-18,21-22H,6-15,19-20,31H2,1-5H3,(H,34,35)/t21?,22-,30?/m0/s1. The Morgan fingerprint density at radius 3 is 1.90 bits per heavy atom. The van der Waals surface area contributed by atoms with Crippen molar-refractivity contribution < 1.29 is 43.2 Å². The molecule has 3 N–H and O–H groups in total. The second-order valence-electron chi connectivity index (χ2n) is 10.4. The van der Waals surface area contributed by atoms with Gasteiger partial charge in [0.15, 0.2) is 11.5 Å². The molecule has 0 bridgehead atoms. The number of hydrogen-bond acceptors (Lipinski definition) is 9. The number of benzene rings is 1. The van der Waals surface area contributed by atoms with E-state index in [1.165, 1.54) is 12.1 Å². The SMILES string of the molecule is CCCCCC(=O)Oc1ccc(CC(N)(C[C@H](C)OC(=O)OC(C)CCC)C(=O)O)cc1OC(=O)CCCCC. The Bertz CT molecular complexity index is 964. The summed E-state index contributed by atoms with van der Waals surface area (Å²) >= 11 is 0. The molecule has 1 aromatic rings. The zero-order valence-corrected chi connectivity index (χ0v) is 24.7. The maximum Gasteiger partial charge on any atom is 0.508 e. The number of carboxylic acid groups (broad SMARTS) is 1. The first-order valence-corrected chi connectivity index (χ1v) is 14.4. The van der Waals surface area contributed by atoms with Gasteiger partial charge < -0.3 is 29.8 Å². The van der Waals surface area contributed by atoms with Crippen molar-refractivity contribution in [3.8, 4) is 11.5 Å². The second-order valence-corrected chi connectivity index (χ2v) is 10.4. The van der Waals surface area contributed by atoms with Crippen LogP contribution in [-0.2, 0) is 30.3 Å². The lowest BCUT2D eigenvalue weighted by Crippen LogP contribution is -2.52. The molecule has 0 aromatic heterocycles. The van der Waals surface area contributed by atoms with Gasteiger partial charge in [0.2, 0.25) is 0 Å². The second kappa shape index (κ2) is 18.3. The van der Waals surface area contributed by atoms with Crippen LogP contribution in [0.3, 0.4) is 0 Å². The summed E-state index contributed by atoms with van der Waals surface area (Å²) in [5, 5.41) is 9.95. The molecular weight excluding hydrogens is 518 g/mol. The highest BCUT2D eigenvalue weighted by atomic mass is 16.7. The molecule has 0 aliphatic carbocycles. The van der Waals surface area contributed by atoms with Crippen LogP contribution < -0.4 is 15.2 Å². The number of rotatable bonds is 19. The van der Waals surface area contributed by atoms with Crippen molar-refractivity contribution in [1.29, 1.82) is 0 Å². The largest absolute Gasteiger partial charge is 0.508 e. The molecule has 1 aromatic carbocycles. The highest BCUT2D eigenvalue weighted by molar-refractivity contribution is 5.79. The Morgan fingerprint density at radius 2 is 1.38 bits per heavy atom. The zero-order valence-electron chi connectivity index (χ0n) is 24.7.